The van der Waals surface area contributed by atoms with Gasteiger partial charge in [-0.25, -0.2) is 4.68 Å². The van der Waals surface area contributed by atoms with Gasteiger partial charge in [0.1, 0.15) is 5.52 Å². The topological polar surface area (TPSA) is 59.8 Å². The van der Waals surface area contributed by atoms with Crippen LogP contribution in [-0.4, -0.2) is 20.9 Å². The Morgan fingerprint density at radius 2 is 1.54 bits per heavy atom. The maximum absolute atomic E-state index is 12.5. The highest BCUT2D eigenvalue weighted by Gasteiger charge is 2.10. The summed E-state index contributed by atoms with van der Waals surface area (Å²) in [5.41, 5.74) is 6.89. The molecule has 4 rings (SSSR count). The largest absolute Gasteiger partial charge is 0.348 e. The molecule has 1 N–H and O–H groups in total. The molecule has 0 saturated carbocycles. The Labute approximate surface area is 164 Å². The van der Waals surface area contributed by atoms with Crippen molar-refractivity contribution in [3.05, 3.63) is 94.5 Å². The van der Waals surface area contributed by atoms with Gasteiger partial charge in [-0.05, 0) is 43.2 Å². The fourth-order valence-corrected chi connectivity index (χ4v) is 3.09. The molecule has 3 aromatic carbocycles. The number of carbonyl (C=O) groups is 1. The van der Waals surface area contributed by atoms with Crippen LogP contribution in [0.2, 0.25) is 0 Å². The van der Waals surface area contributed by atoms with Crippen molar-refractivity contribution in [1.82, 2.24) is 20.3 Å². The molecule has 0 fully saturated rings. The van der Waals surface area contributed by atoms with E-state index in [1.54, 1.807) is 6.07 Å². The number of hydrogen-bond acceptors (Lipinski definition) is 3. The Morgan fingerprint density at radius 3 is 2.21 bits per heavy atom. The lowest BCUT2D eigenvalue weighted by atomic mass is 10.1. The zero-order valence-electron chi connectivity index (χ0n) is 16.0. The molecule has 0 saturated heterocycles. The summed E-state index contributed by atoms with van der Waals surface area (Å²) in [7, 11) is 0. The van der Waals surface area contributed by atoms with Gasteiger partial charge in [0.05, 0.1) is 12.1 Å². The van der Waals surface area contributed by atoms with Crippen LogP contribution in [0.3, 0.4) is 0 Å². The fourth-order valence-electron chi connectivity index (χ4n) is 3.09. The number of fused-ring (bicyclic) bond motifs is 1. The fraction of sp³-hybridized carbons (Fsp3) is 0.174. The van der Waals surface area contributed by atoms with Crippen molar-refractivity contribution in [2.75, 3.05) is 0 Å². The maximum atomic E-state index is 12.5. The predicted octanol–water partition coefficient (Wildman–Crippen LogP) is 4.03. The summed E-state index contributed by atoms with van der Waals surface area (Å²) in [5, 5.41) is 11.4. The van der Waals surface area contributed by atoms with Gasteiger partial charge in [0.15, 0.2) is 0 Å². The van der Waals surface area contributed by atoms with Crippen LogP contribution in [0.1, 0.15) is 32.6 Å². The van der Waals surface area contributed by atoms with Crippen molar-refractivity contribution >= 4 is 16.9 Å². The second-order valence-corrected chi connectivity index (χ2v) is 7.10. The molecule has 5 heteroatoms. The van der Waals surface area contributed by atoms with E-state index in [1.807, 2.05) is 48.0 Å². The number of nitrogens with zero attached hydrogens (tertiary/aromatic N) is 3. The van der Waals surface area contributed by atoms with Crippen LogP contribution in [-0.2, 0) is 13.1 Å². The molecule has 1 aromatic heterocycles. The van der Waals surface area contributed by atoms with E-state index in [9.17, 15) is 4.79 Å². The summed E-state index contributed by atoms with van der Waals surface area (Å²) < 4.78 is 1.86. The number of benzene rings is 3. The summed E-state index contributed by atoms with van der Waals surface area (Å²) in [6.45, 7) is 5.26. The van der Waals surface area contributed by atoms with Gasteiger partial charge in [-0.15, -0.1) is 5.10 Å². The third kappa shape index (κ3) is 3.93. The molecular formula is C23H22N4O. The summed E-state index contributed by atoms with van der Waals surface area (Å²) >= 11 is 0. The van der Waals surface area contributed by atoms with E-state index in [1.165, 1.54) is 11.1 Å². The van der Waals surface area contributed by atoms with E-state index >= 15 is 0 Å². The molecule has 1 heterocycles. The monoisotopic (exact) mass is 370 g/mol. The number of amides is 1. The standard InChI is InChI=1S/C23H22N4O/c1-16-3-7-18(8-4-16)14-24-23(28)20-11-12-22-21(13-20)25-26-27(22)15-19-9-5-17(2)6-10-19/h3-13H,14-15H2,1-2H3,(H,24,28). The number of rotatable bonds is 5. The van der Waals surface area contributed by atoms with Gasteiger partial charge >= 0.3 is 0 Å². The Morgan fingerprint density at radius 1 is 0.893 bits per heavy atom. The molecule has 0 aliphatic rings. The first kappa shape index (κ1) is 17.9. The second kappa shape index (κ2) is 7.64. The summed E-state index contributed by atoms with van der Waals surface area (Å²) in [6, 6.07) is 22.0. The summed E-state index contributed by atoms with van der Waals surface area (Å²) in [6.07, 6.45) is 0. The van der Waals surface area contributed by atoms with Crippen LogP contribution in [0, 0.1) is 13.8 Å². The lowest BCUT2D eigenvalue weighted by Gasteiger charge is -2.06. The van der Waals surface area contributed by atoms with Crippen LogP contribution in [0.25, 0.3) is 11.0 Å². The van der Waals surface area contributed by atoms with Gasteiger partial charge < -0.3 is 5.32 Å². The summed E-state index contributed by atoms with van der Waals surface area (Å²) in [4.78, 5) is 12.5. The molecule has 28 heavy (non-hydrogen) atoms. The molecule has 0 bridgehead atoms. The van der Waals surface area contributed by atoms with E-state index in [0.717, 1.165) is 22.2 Å². The van der Waals surface area contributed by atoms with Crippen LogP contribution in [0.4, 0.5) is 0 Å². The maximum Gasteiger partial charge on any atom is 0.251 e. The van der Waals surface area contributed by atoms with Crippen molar-refractivity contribution < 1.29 is 4.79 Å². The highest BCUT2D eigenvalue weighted by molar-refractivity contribution is 5.97. The first-order chi connectivity index (χ1) is 13.6. The minimum Gasteiger partial charge on any atom is -0.348 e. The van der Waals surface area contributed by atoms with Crippen LogP contribution in [0.15, 0.2) is 66.7 Å². The van der Waals surface area contributed by atoms with Gasteiger partial charge in [-0.1, -0.05) is 64.9 Å². The zero-order chi connectivity index (χ0) is 19.5. The molecule has 140 valence electrons. The first-order valence-corrected chi connectivity index (χ1v) is 9.31. The molecule has 5 nitrogen and oxygen atoms in total. The number of nitrogens with one attached hydrogen (secondary N) is 1. The SMILES string of the molecule is Cc1ccc(CNC(=O)c2ccc3c(c2)nnn3Cc2ccc(C)cc2)cc1. The highest BCUT2D eigenvalue weighted by atomic mass is 16.1. The minimum atomic E-state index is -0.115. The molecule has 0 spiro atoms. The van der Waals surface area contributed by atoms with E-state index in [-0.39, 0.29) is 5.91 Å². The lowest BCUT2D eigenvalue weighted by Crippen LogP contribution is -2.22. The Balaban J connectivity index is 1.47. The number of aryl methyl sites for hydroxylation is 2. The van der Waals surface area contributed by atoms with Crippen molar-refractivity contribution in [3.8, 4) is 0 Å². The number of aromatic nitrogens is 3. The van der Waals surface area contributed by atoms with Gasteiger partial charge in [-0.3, -0.25) is 4.79 Å². The zero-order valence-corrected chi connectivity index (χ0v) is 16.0. The summed E-state index contributed by atoms with van der Waals surface area (Å²) in [5.74, 6) is -0.115. The third-order valence-corrected chi connectivity index (χ3v) is 4.80. The Kier molecular flexibility index (Phi) is 4.89. The number of hydrogen-bond donors (Lipinski definition) is 1. The molecular weight excluding hydrogens is 348 g/mol. The van der Waals surface area contributed by atoms with Crippen LogP contribution in [0.5, 0.6) is 0 Å². The van der Waals surface area contributed by atoms with Crippen LogP contribution < -0.4 is 5.32 Å². The molecule has 4 aromatic rings. The third-order valence-electron chi connectivity index (χ3n) is 4.80. The van der Waals surface area contributed by atoms with Crippen molar-refractivity contribution in [1.29, 1.82) is 0 Å². The Hall–Kier alpha value is -3.47. The van der Waals surface area contributed by atoms with E-state index in [2.05, 4.69) is 46.8 Å². The Bertz CT molecular complexity index is 1110. The predicted molar refractivity (Wildman–Crippen MR) is 110 cm³/mol. The van der Waals surface area contributed by atoms with Crippen molar-refractivity contribution in [3.63, 3.8) is 0 Å². The van der Waals surface area contributed by atoms with Gasteiger partial charge in [0.2, 0.25) is 0 Å². The van der Waals surface area contributed by atoms with Gasteiger partial charge in [-0.2, -0.15) is 0 Å². The van der Waals surface area contributed by atoms with Crippen molar-refractivity contribution in [2.24, 2.45) is 0 Å². The molecule has 0 radical (unpaired) electrons. The van der Waals surface area contributed by atoms with Crippen LogP contribution >= 0.6 is 0 Å². The van der Waals surface area contributed by atoms with E-state index < -0.39 is 0 Å². The first-order valence-electron chi connectivity index (χ1n) is 9.31. The average molecular weight is 370 g/mol. The quantitative estimate of drug-likeness (QED) is 0.577. The van der Waals surface area contributed by atoms with E-state index in [4.69, 9.17) is 0 Å². The smallest absolute Gasteiger partial charge is 0.251 e. The molecule has 1 amide bonds. The average Bonchev–Trinajstić information content (AvgIpc) is 3.11. The highest BCUT2D eigenvalue weighted by Crippen LogP contribution is 2.16. The lowest BCUT2D eigenvalue weighted by molar-refractivity contribution is 0.0951. The van der Waals surface area contributed by atoms with Crippen molar-refractivity contribution in [2.45, 2.75) is 26.9 Å². The molecule has 0 aliphatic carbocycles. The molecule has 0 atom stereocenters. The van der Waals surface area contributed by atoms with Gasteiger partial charge in [0.25, 0.3) is 5.91 Å². The molecule has 0 aliphatic heterocycles. The van der Waals surface area contributed by atoms with E-state index in [0.29, 0.717) is 18.7 Å². The van der Waals surface area contributed by atoms with Gasteiger partial charge in [0, 0.05) is 12.1 Å². The molecule has 0 unspecified atom stereocenters. The minimum absolute atomic E-state index is 0.115. The number of carbonyl (C=O) groups excluding carboxylic acids is 1. The second-order valence-electron chi connectivity index (χ2n) is 7.10. The normalized spacial score (nSPS) is 10.9.